The Bertz CT molecular complexity index is 873. The zero-order chi connectivity index (χ0) is 18.9. The van der Waals surface area contributed by atoms with Crippen molar-refractivity contribution in [3.8, 4) is 5.75 Å². The zero-order valence-electron chi connectivity index (χ0n) is 15.9. The van der Waals surface area contributed by atoms with Gasteiger partial charge in [-0.15, -0.1) is 0 Å². The van der Waals surface area contributed by atoms with Gasteiger partial charge in [0.25, 0.3) is 0 Å². The number of aryl methyl sites for hydroxylation is 3. The van der Waals surface area contributed by atoms with E-state index in [0.29, 0.717) is 6.54 Å². The van der Waals surface area contributed by atoms with Crippen molar-refractivity contribution >= 4 is 17.4 Å². The number of aromatic nitrogens is 2. The molecule has 0 atom stereocenters. The minimum atomic E-state index is 0.678. The van der Waals surface area contributed by atoms with Crippen molar-refractivity contribution in [3.63, 3.8) is 0 Å². The van der Waals surface area contributed by atoms with E-state index in [2.05, 4.69) is 41.1 Å². The highest BCUT2D eigenvalue weighted by Gasteiger charge is 2.10. The predicted octanol–water partition coefficient (Wildman–Crippen LogP) is 3.88. The molecular weight excluding hydrogens is 338 g/mol. The third-order valence-corrected chi connectivity index (χ3v) is 4.67. The summed E-state index contributed by atoms with van der Waals surface area (Å²) in [5.41, 5.74) is 3.38. The van der Waals surface area contributed by atoms with Crippen LogP contribution in [0.5, 0.6) is 5.75 Å². The smallest absolute Gasteiger partial charge is 0.207 e. The maximum Gasteiger partial charge on any atom is 0.207 e. The molecule has 2 aromatic carbocycles. The van der Waals surface area contributed by atoms with Crippen LogP contribution in [0.2, 0.25) is 0 Å². The lowest BCUT2D eigenvalue weighted by atomic mass is 10.2. The number of amides is 1. The Morgan fingerprint density at radius 1 is 1.07 bits per heavy atom. The summed E-state index contributed by atoms with van der Waals surface area (Å²) in [6.45, 7) is 4.39. The number of unbranched alkanes of at least 4 members (excludes halogenated alkanes) is 1. The maximum atomic E-state index is 10.4. The first kappa shape index (κ1) is 19.0. The molecule has 1 N–H and O–H groups in total. The summed E-state index contributed by atoms with van der Waals surface area (Å²) >= 11 is 0. The molecule has 0 unspecified atom stereocenters. The highest BCUT2D eigenvalue weighted by atomic mass is 16.5. The van der Waals surface area contributed by atoms with Crippen molar-refractivity contribution in [3.05, 3.63) is 59.9 Å². The van der Waals surface area contributed by atoms with Crippen molar-refractivity contribution in [2.24, 2.45) is 0 Å². The molecule has 5 heteroatoms. The largest absolute Gasteiger partial charge is 0.493 e. The van der Waals surface area contributed by atoms with Crippen molar-refractivity contribution < 1.29 is 9.53 Å². The van der Waals surface area contributed by atoms with Gasteiger partial charge in [-0.2, -0.15) is 0 Å². The Labute approximate surface area is 160 Å². The monoisotopic (exact) mass is 365 g/mol. The number of carbonyl (C=O) groups is 1. The van der Waals surface area contributed by atoms with E-state index in [1.54, 1.807) is 0 Å². The lowest BCUT2D eigenvalue weighted by molar-refractivity contribution is -0.109. The number of hydrogen-bond acceptors (Lipinski definition) is 3. The molecule has 3 rings (SSSR count). The van der Waals surface area contributed by atoms with Gasteiger partial charge >= 0.3 is 0 Å². The minimum absolute atomic E-state index is 0.678. The van der Waals surface area contributed by atoms with Crippen LogP contribution in [-0.4, -0.2) is 29.1 Å². The standard InChI is InChI=1S/C22H27N3O2/c1-18-9-2-5-12-21(18)27-16-7-6-15-25-20-11-4-3-10-19(20)24-22(25)13-8-14-23-17-26/h2-5,9-12,17H,6-8,13-16H2,1H3,(H,23,26). The van der Waals surface area contributed by atoms with Crippen molar-refractivity contribution in [2.45, 2.75) is 39.2 Å². The number of hydrogen-bond donors (Lipinski definition) is 1. The van der Waals surface area contributed by atoms with Gasteiger partial charge in [-0.3, -0.25) is 4.79 Å². The van der Waals surface area contributed by atoms with Crippen LogP contribution in [0.3, 0.4) is 0 Å². The Morgan fingerprint density at radius 2 is 1.89 bits per heavy atom. The van der Waals surface area contributed by atoms with Gasteiger partial charge in [0.2, 0.25) is 6.41 Å². The van der Waals surface area contributed by atoms with Gasteiger partial charge in [0.05, 0.1) is 17.6 Å². The predicted molar refractivity (Wildman–Crippen MR) is 108 cm³/mol. The van der Waals surface area contributed by atoms with Gasteiger partial charge in [0.15, 0.2) is 0 Å². The molecule has 0 aliphatic heterocycles. The Kier molecular flexibility index (Phi) is 6.85. The van der Waals surface area contributed by atoms with Crippen LogP contribution in [0.15, 0.2) is 48.5 Å². The molecule has 0 saturated carbocycles. The summed E-state index contributed by atoms with van der Waals surface area (Å²) < 4.78 is 8.21. The molecule has 0 radical (unpaired) electrons. The number of imidazole rings is 1. The molecule has 1 amide bonds. The molecule has 0 fully saturated rings. The highest BCUT2D eigenvalue weighted by molar-refractivity contribution is 5.75. The number of ether oxygens (including phenoxy) is 1. The molecule has 27 heavy (non-hydrogen) atoms. The average molecular weight is 365 g/mol. The van der Waals surface area contributed by atoms with E-state index >= 15 is 0 Å². The second-order valence-electron chi connectivity index (χ2n) is 6.66. The van der Waals surface area contributed by atoms with E-state index in [1.807, 2.05) is 24.3 Å². The molecule has 3 aromatic rings. The van der Waals surface area contributed by atoms with Crippen LogP contribution in [0.4, 0.5) is 0 Å². The number of para-hydroxylation sites is 3. The summed E-state index contributed by atoms with van der Waals surface area (Å²) in [6.07, 6.45) is 4.52. The molecule has 142 valence electrons. The van der Waals surface area contributed by atoms with E-state index in [-0.39, 0.29) is 0 Å². The molecule has 0 aliphatic carbocycles. The van der Waals surface area contributed by atoms with Crippen molar-refractivity contribution in [1.29, 1.82) is 0 Å². The number of fused-ring (bicyclic) bond motifs is 1. The average Bonchev–Trinajstić information content (AvgIpc) is 3.04. The second kappa shape index (κ2) is 9.76. The normalized spacial score (nSPS) is 10.9. The van der Waals surface area contributed by atoms with E-state index in [9.17, 15) is 4.79 Å². The van der Waals surface area contributed by atoms with E-state index in [0.717, 1.165) is 62.3 Å². The summed E-state index contributed by atoms with van der Waals surface area (Å²) in [5, 5.41) is 2.72. The van der Waals surface area contributed by atoms with Crippen LogP contribution < -0.4 is 10.1 Å². The number of nitrogens with one attached hydrogen (secondary N) is 1. The topological polar surface area (TPSA) is 56.1 Å². The molecular formula is C22H27N3O2. The lowest BCUT2D eigenvalue weighted by Crippen LogP contribution is -2.14. The molecule has 5 nitrogen and oxygen atoms in total. The Morgan fingerprint density at radius 3 is 2.74 bits per heavy atom. The second-order valence-corrected chi connectivity index (χ2v) is 6.66. The van der Waals surface area contributed by atoms with E-state index < -0.39 is 0 Å². The minimum Gasteiger partial charge on any atom is -0.493 e. The highest BCUT2D eigenvalue weighted by Crippen LogP contribution is 2.19. The lowest BCUT2D eigenvalue weighted by Gasteiger charge is -2.11. The van der Waals surface area contributed by atoms with Crippen LogP contribution >= 0.6 is 0 Å². The summed E-state index contributed by atoms with van der Waals surface area (Å²) in [6, 6.07) is 16.4. The first-order valence-electron chi connectivity index (χ1n) is 9.59. The fourth-order valence-corrected chi connectivity index (χ4v) is 3.25. The van der Waals surface area contributed by atoms with Gasteiger partial charge < -0.3 is 14.6 Å². The molecule has 1 aromatic heterocycles. The SMILES string of the molecule is Cc1ccccc1OCCCCn1c(CCCNC=O)nc2ccccc21. The molecule has 0 aliphatic rings. The van der Waals surface area contributed by atoms with Gasteiger partial charge in [-0.25, -0.2) is 4.98 Å². The molecule has 0 bridgehead atoms. The summed E-state index contributed by atoms with van der Waals surface area (Å²) in [7, 11) is 0. The van der Waals surface area contributed by atoms with Crippen LogP contribution in [0.25, 0.3) is 11.0 Å². The van der Waals surface area contributed by atoms with Crippen molar-refractivity contribution in [2.75, 3.05) is 13.2 Å². The molecule has 0 spiro atoms. The van der Waals surface area contributed by atoms with Crippen molar-refractivity contribution in [1.82, 2.24) is 14.9 Å². The first-order valence-corrected chi connectivity index (χ1v) is 9.59. The third-order valence-electron chi connectivity index (χ3n) is 4.67. The van der Waals surface area contributed by atoms with Gasteiger partial charge in [-0.1, -0.05) is 30.3 Å². The van der Waals surface area contributed by atoms with E-state index in [4.69, 9.17) is 9.72 Å². The molecule has 0 saturated heterocycles. The fourth-order valence-electron chi connectivity index (χ4n) is 3.25. The van der Waals surface area contributed by atoms with E-state index in [1.165, 1.54) is 11.1 Å². The van der Waals surface area contributed by atoms with Gasteiger partial charge in [0, 0.05) is 19.5 Å². The first-order chi connectivity index (χ1) is 13.3. The fraction of sp³-hybridized carbons (Fsp3) is 0.364. The Hall–Kier alpha value is -2.82. The Balaban J connectivity index is 1.56. The summed E-state index contributed by atoms with van der Waals surface area (Å²) in [5.74, 6) is 2.05. The zero-order valence-corrected chi connectivity index (χ0v) is 15.9. The third kappa shape index (κ3) is 5.09. The van der Waals surface area contributed by atoms with Gasteiger partial charge in [0.1, 0.15) is 11.6 Å². The quantitative estimate of drug-likeness (QED) is 0.414. The number of carbonyl (C=O) groups excluding carboxylic acids is 1. The maximum absolute atomic E-state index is 10.4. The van der Waals surface area contributed by atoms with Crippen LogP contribution in [0, 0.1) is 6.92 Å². The van der Waals surface area contributed by atoms with Crippen LogP contribution in [0.1, 0.15) is 30.7 Å². The summed E-state index contributed by atoms with van der Waals surface area (Å²) in [4.78, 5) is 15.2. The van der Waals surface area contributed by atoms with Gasteiger partial charge in [-0.05, 0) is 49.9 Å². The van der Waals surface area contributed by atoms with Crippen LogP contribution in [-0.2, 0) is 17.8 Å². The molecule has 1 heterocycles. The number of nitrogens with zero attached hydrogens (tertiary/aromatic N) is 2. The number of rotatable bonds is 11. The number of benzene rings is 2.